The summed E-state index contributed by atoms with van der Waals surface area (Å²) in [6.45, 7) is 3.16. The molecule has 2 atom stereocenters. The van der Waals surface area contributed by atoms with E-state index in [4.69, 9.17) is 9.47 Å². The van der Waals surface area contributed by atoms with E-state index in [0.717, 1.165) is 0 Å². The minimum Gasteiger partial charge on any atom is -0.475 e. The lowest BCUT2D eigenvalue weighted by atomic mass is 9.92. The van der Waals surface area contributed by atoms with Crippen molar-refractivity contribution in [2.45, 2.75) is 25.6 Å². The van der Waals surface area contributed by atoms with Crippen molar-refractivity contribution in [1.29, 1.82) is 0 Å². The average Bonchev–Trinajstić information content (AvgIpc) is 2.61. The largest absolute Gasteiger partial charge is 0.475 e. The summed E-state index contributed by atoms with van der Waals surface area (Å²) >= 11 is 0. The molecule has 1 aliphatic rings. The van der Waals surface area contributed by atoms with Gasteiger partial charge in [0.1, 0.15) is 11.4 Å². The van der Waals surface area contributed by atoms with Gasteiger partial charge in [0.05, 0.1) is 11.5 Å². The number of nitro benzene ring substituents is 1. The number of carbonyl (C=O) groups excluding carboxylic acids is 1. The molecule has 0 amide bonds. The van der Waals surface area contributed by atoms with E-state index < -0.39 is 22.6 Å². The molecule has 19 heavy (non-hydrogen) atoms. The molecule has 0 radical (unpaired) electrons. The van der Waals surface area contributed by atoms with Crippen molar-refractivity contribution < 1.29 is 24.3 Å². The first kappa shape index (κ1) is 13.3. The molecule has 7 nitrogen and oxygen atoms in total. The Bertz CT molecular complexity index is 539. The molecule has 1 aliphatic heterocycles. The Kier molecular flexibility index (Phi) is 3.15. The Hall–Kier alpha value is -2.15. The van der Waals surface area contributed by atoms with Crippen LogP contribution in [0.5, 0.6) is 5.75 Å². The van der Waals surface area contributed by atoms with Gasteiger partial charge in [-0.2, -0.15) is 0 Å². The van der Waals surface area contributed by atoms with Crippen LogP contribution in [-0.2, 0) is 15.1 Å². The fourth-order valence-electron chi connectivity index (χ4n) is 2.01. The molecule has 0 aromatic heterocycles. The summed E-state index contributed by atoms with van der Waals surface area (Å²) in [7, 11) is 0. The van der Waals surface area contributed by atoms with Crippen LogP contribution in [0.15, 0.2) is 18.2 Å². The van der Waals surface area contributed by atoms with Crippen molar-refractivity contribution in [2.75, 3.05) is 6.61 Å². The molecule has 0 fully saturated rings. The van der Waals surface area contributed by atoms with Crippen LogP contribution in [0.1, 0.15) is 19.4 Å². The lowest BCUT2D eigenvalue weighted by molar-refractivity contribution is -0.385. The zero-order valence-electron chi connectivity index (χ0n) is 10.5. The van der Waals surface area contributed by atoms with Crippen LogP contribution in [0.4, 0.5) is 5.69 Å². The zero-order chi connectivity index (χ0) is 14.2. The lowest BCUT2D eigenvalue weighted by Crippen LogP contribution is -2.42. The minimum absolute atomic E-state index is 0.158. The van der Waals surface area contributed by atoms with Crippen LogP contribution in [0.2, 0.25) is 0 Å². The predicted octanol–water partition coefficient (Wildman–Crippen LogP) is 1.13. The number of benzene rings is 1. The first-order valence-electron chi connectivity index (χ1n) is 5.72. The van der Waals surface area contributed by atoms with E-state index in [-0.39, 0.29) is 23.6 Å². The molecule has 1 N–H and O–H groups in total. The topological polar surface area (TPSA) is 98.9 Å². The molecule has 1 heterocycles. The fourth-order valence-corrected chi connectivity index (χ4v) is 2.01. The van der Waals surface area contributed by atoms with E-state index in [1.54, 1.807) is 6.92 Å². The first-order chi connectivity index (χ1) is 8.87. The summed E-state index contributed by atoms with van der Waals surface area (Å²) in [5.74, 6) is -0.458. The van der Waals surface area contributed by atoms with E-state index in [0.29, 0.717) is 0 Å². The number of ether oxygens (including phenoxy) is 2. The van der Waals surface area contributed by atoms with Gasteiger partial charge in [-0.25, -0.2) is 4.79 Å². The van der Waals surface area contributed by atoms with E-state index in [1.165, 1.54) is 25.1 Å². The number of non-ortho nitro benzene ring substituents is 1. The monoisotopic (exact) mass is 267 g/mol. The van der Waals surface area contributed by atoms with Crippen molar-refractivity contribution in [1.82, 2.24) is 0 Å². The predicted molar refractivity (Wildman–Crippen MR) is 63.7 cm³/mol. The Balaban J connectivity index is 2.40. The van der Waals surface area contributed by atoms with Gasteiger partial charge < -0.3 is 14.6 Å². The van der Waals surface area contributed by atoms with E-state index in [1.807, 2.05) is 0 Å². The second kappa shape index (κ2) is 4.51. The maximum Gasteiger partial charge on any atom is 0.350 e. The smallest absolute Gasteiger partial charge is 0.350 e. The molecule has 0 unspecified atom stereocenters. The van der Waals surface area contributed by atoms with Crippen LogP contribution in [-0.4, -0.2) is 28.7 Å². The fraction of sp³-hybridized carbons (Fsp3) is 0.417. The Morgan fingerprint density at radius 3 is 2.89 bits per heavy atom. The number of esters is 1. The standard InChI is InChI=1S/C12H13NO6/c1-3-18-11(14)10-12(2,15)8-6-7(13(16)17)4-5-9(8)19-10/h4-6,10,15H,3H2,1-2H3/t10-,12+/m1/s1. The second-order valence-corrected chi connectivity index (χ2v) is 4.34. The molecule has 0 spiro atoms. The number of nitrogens with zero attached hydrogens (tertiary/aromatic N) is 1. The van der Waals surface area contributed by atoms with Gasteiger partial charge in [-0.1, -0.05) is 0 Å². The van der Waals surface area contributed by atoms with Crippen LogP contribution < -0.4 is 4.74 Å². The number of nitro groups is 1. The SMILES string of the molecule is CCOC(=O)[C@H]1Oc2ccc([N+](=O)[O-])cc2[C@]1(C)O. The Morgan fingerprint density at radius 1 is 1.63 bits per heavy atom. The van der Waals surface area contributed by atoms with E-state index in [9.17, 15) is 20.0 Å². The Morgan fingerprint density at radius 2 is 2.32 bits per heavy atom. The highest BCUT2D eigenvalue weighted by Gasteiger charge is 2.49. The van der Waals surface area contributed by atoms with Crippen molar-refractivity contribution in [3.05, 3.63) is 33.9 Å². The van der Waals surface area contributed by atoms with Gasteiger partial charge in [0.25, 0.3) is 5.69 Å². The zero-order valence-corrected chi connectivity index (χ0v) is 10.5. The number of hydrogen-bond donors (Lipinski definition) is 1. The summed E-state index contributed by atoms with van der Waals surface area (Å²) in [5.41, 5.74) is -1.62. The molecule has 0 bridgehead atoms. The highest BCUT2D eigenvalue weighted by Crippen LogP contribution is 2.43. The van der Waals surface area contributed by atoms with Crippen LogP contribution in [0.3, 0.4) is 0 Å². The third kappa shape index (κ3) is 2.12. The number of carbonyl (C=O) groups is 1. The third-order valence-electron chi connectivity index (χ3n) is 2.98. The van der Waals surface area contributed by atoms with Crippen LogP contribution >= 0.6 is 0 Å². The summed E-state index contributed by atoms with van der Waals surface area (Å²) < 4.78 is 10.1. The molecular weight excluding hydrogens is 254 g/mol. The third-order valence-corrected chi connectivity index (χ3v) is 2.98. The normalized spacial score (nSPS) is 24.5. The minimum atomic E-state index is -1.66. The Labute approximate surface area is 108 Å². The summed E-state index contributed by atoms with van der Waals surface area (Å²) in [5, 5.41) is 21.1. The molecule has 0 saturated carbocycles. The molecule has 0 aliphatic carbocycles. The van der Waals surface area contributed by atoms with Gasteiger partial charge in [0, 0.05) is 17.7 Å². The van der Waals surface area contributed by atoms with Crippen LogP contribution in [0.25, 0.3) is 0 Å². The molecular formula is C12H13NO6. The number of hydrogen-bond acceptors (Lipinski definition) is 6. The molecule has 0 saturated heterocycles. The number of fused-ring (bicyclic) bond motifs is 1. The molecule has 1 aromatic carbocycles. The summed E-state index contributed by atoms with van der Waals surface area (Å²) in [6, 6.07) is 3.82. The molecule has 2 rings (SSSR count). The van der Waals surface area contributed by atoms with Gasteiger partial charge in [-0.05, 0) is 19.9 Å². The van der Waals surface area contributed by atoms with Crippen molar-refractivity contribution in [3.63, 3.8) is 0 Å². The van der Waals surface area contributed by atoms with Gasteiger partial charge >= 0.3 is 5.97 Å². The molecule has 1 aromatic rings. The van der Waals surface area contributed by atoms with E-state index in [2.05, 4.69) is 0 Å². The summed E-state index contributed by atoms with van der Waals surface area (Å²) in [4.78, 5) is 21.9. The lowest BCUT2D eigenvalue weighted by Gasteiger charge is -2.22. The van der Waals surface area contributed by atoms with Crippen molar-refractivity contribution in [3.8, 4) is 5.75 Å². The van der Waals surface area contributed by atoms with Crippen molar-refractivity contribution in [2.24, 2.45) is 0 Å². The van der Waals surface area contributed by atoms with Crippen molar-refractivity contribution >= 4 is 11.7 Å². The molecule has 102 valence electrons. The average molecular weight is 267 g/mol. The maximum absolute atomic E-state index is 11.7. The second-order valence-electron chi connectivity index (χ2n) is 4.34. The highest BCUT2D eigenvalue weighted by molar-refractivity contribution is 5.79. The highest BCUT2D eigenvalue weighted by atomic mass is 16.6. The van der Waals surface area contributed by atoms with Gasteiger partial charge in [-0.3, -0.25) is 10.1 Å². The molecule has 7 heteroatoms. The quantitative estimate of drug-likeness (QED) is 0.500. The maximum atomic E-state index is 11.7. The number of rotatable bonds is 3. The number of aliphatic hydroxyl groups is 1. The van der Waals surface area contributed by atoms with Gasteiger partial charge in [-0.15, -0.1) is 0 Å². The van der Waals surface area contributed by atoms with Gasteiger partial charge in [0.2, 0.25) is 6.10 Å². The van der Waals surface area contributed by atoms with Crippen LogP contribution in [0, 0.1) is 10.1 Å². The first-order valence-corrected chi connectivity index (χ1v) is 5.72. The van der Waals surface area contributed by atoms with Gasteiger partial charge in [0.15, 0.2) is 0 Å². The summed E-state index contributed by atoms with van der Waals surface area (Å²) in [6.07, 6.45) is -1.22. The van der Waals surface area contributed by atoms with E-state index >= 15 is 0 Å².